The van der Waals surface area contributed by atoms with Crippen molar-refractivity contribution in [2.24, 2.45) is 4.99 Å². The quantitative estimate of drug-likeness (QED) is 0.650. The van der Waals surface area contributed by atoms with Crippen molar-refractivity contribution in [3.63, 3.8) is 0 Å². The Bertz CT molecular complexity index is 1040. The Kier molecular flexibility index (Phi) is 6.68. The van der Waals surface area contributed by atoms with E-state index in [0.29, 0.717) is 39.3 Å². The maximum atomic E-state index is 12.3. The van der Waals surface area contributed by atoms with Crippen molar-refractivity contribution < 1.29 is 29.2 Å². The number of nitrogens with zero attached hydrogens (tertiary/aromatic N) is 1. The second-order valence-electron chi connectivity index (χ2n) is 6.10. The Morgan fingerprint density at radius 3 is 2.50 bits per heavy atom. The molecule has 0 aliphatic carbocycles. The molecule has 156 valence electrons. The molecule has 0 saturated heterocycles. The molecule has 3 rings (SSSR count). The fourth-order valence-corrected chi connectivity index (χ4v) is 3.78. The standard InChI is InChI=1S/C22H21NO6S/c1-4-29-16-9-6-14(7-10-16)23-21-19(22(26)28-3)20(25)18(30-21)11-13-5-8-15(24)12-17(13)27-2/h5-12,24-25H,4H2,1-3H3/b18-11+,23-21?. The normalized spacial score (nSPS) is 16.2. The molecule has 1 aliphatic heterocycles. The predicted molar refractivity (Wildman–Crippen MR) is 117 cm³/mol. The number of phenolic OH excluding ortho intramolecular Hbond substituents is 1. The molecule has 0 fully saturated rings. The molecule has 0 saturated carbocycles. The number of ether oxygens (including phenoxy) is 3. The van der Waals surface area contributed by atoms with Crippen molar-refractivity contribution >= 4 is 34.5 Å². The molecular formula is C22H21NO6S. The van der Waals surface area contributed by atoms with Gasteiger partial charge in [-0.2, -0.15) is 0 Å². The van der Waals surface area contributed by atoms with Gasteiger partial charge in [0, 0.05) is 11.6 Å². The summed E-state index contributed by atoms with van der Waals surface area (Å²) in [7, 11) is 2.72. The Morgan fingerprint density at radius 2 is 1.87 bits per heavy atom. The van der Waals surface area contributed by atoms with Crippen molar-refractivity contribution in [2.45, 2.75) is 6.92 Å². The summed E-state index contributed by atoms with van der Waals surface area (Å²) in [6.45, 7) is 2.46. The van der Waals surface area contributed by atoms with Crippen LogP contribution in [0.2, 0.25) is 0 Å². The molecule has 0 radical (unpaired) electrons. The van der Waals surface area contributed by atoms with Gasteiger partial charge in [0.2, 0.25) is 0 Å². The minimum Gasteiger partial charge on any atom is -0.508 e. The molecular weight excluding hydrogens is 406 g/mol. The van der Waals surface area contributed by atoms with Gasteiger partial charge in [-0.1, -0.05) is 11.8 Å². The average Bonchev–Trinajstić information content (AvgIpc) is 3.05. The Labute approximate surface area is 178 Å². The maximum absolute atomic E-state index is 12.3. The number of carbonyl (C=O) groups is 1. The average molecular weight is 427 g/mol. The molecule has 1 heterocycles. The third-order valence-electron chi connectivity index (χ3n) is 4.16. The summed E-state index contributed by atoms with van der Waals surface area (Å²) in [4.78, 5) is 17.2. The molecule has 30 heavy (non-hydrogen) atoms. The summed E-state index contributed by atoms with van der Waals surface area (Å²) in [6.07, 6.45) is 1.65. The van der Waals surface area contributed by atoms with Gasteiger partial charge in [-0.3, -0.25) is 0 Å². The smallest absolute Gasteiger partial charge is 0.344 e. The van der Waals surface area contributed by atoms with E-state index in [4.69, 9.17) is 14.2 Å². The number of methoxy groups -OCH3 is 2. The number of aromatic hydroxyl groups is 1. The summed E-state index contributed by atoms with van der Waals surface area (Å²) in [5.41, 5.74) is 1.20. The predicted octanol–water partition coefficient (Wildman–Crippen LogP) is 4.60. The van der Waals surface area contributed by atoms with E-state index in [-0.39, 0.29) is 17.1 Å². The van der Waals surface area contributed by atoms with E-state index in [9.17, 15) is 15.0 Å². The highest BCUT2D eigenvalue weighted by atomic mass is 32.2. The topological polar surface area (TPSA) is 97.6 Å². The highest BCUT2D eigenvalue weighted by Crippen LogP contribution is 2.41. The van der Waals surface area contributed by atoms with Gasteiger partial charge < -0.3 is 24.4 Å². The second-order valence-corrected chi connectivity index (χ2v) is 7.13. The zero-order valence-corrected chi connectivity index (χ0v) is 17.5. The number of benzene rings is 2. The molecule has 0 aromatic heterocycles. The fourth-order valence-electron chi connectivity index (χ4n) is 2.75. The summed E-state index contributed by atoms with van der Waals surface area (Å²) in [5, 5.41) is 20.6. The SMILES string of the molecule is CCOc1ccc(N=C2S/C(=C/c3ccc(O)cc3OC)C(O)=C2C(=O)OC)cc1. The first-order chi connectivity index (χ1) is 14.5. The van der Waals surface area contributed by atoms with Crippen molar-refractivity contribution in [1.29, 1.82) is 0 Å². The molecule has 7 nitrogen and oxygen atoms in total. The fraction of sp³-hybridized carbons (Fsp3) is 0.182. The number of esters is 1. The van der Waals surface area contributed by atoms with Crippen LogP contribution in [0.4, 0.5) is 5.69 Å². The molecule has 1 aliphatic rings. The van der Waals surface area contributed by atoms with E-state index in [1.165, 1.54) is 26.4 Å². The van der Waals surface area contributed by atoms with Crippen LogP contribution < -0.4 is 9.47 Å². The first kappa shape index (κ1) is 21.3. The summed E-state index contributed by atoms with van der Waals surface area (Å²) < 4.78 is 15.5. The van der Waals surface area contributed by atoms with Crippen molar-refractivity contribution in [1.82, 2.24) is 0 Å². The summed E-state index contributed by atoms with van der Waals surface area (Å²) in [5.74, 6) is 0.276. The van der Waals surface area contributed by atoms with Crippen LogP contribution in [0.3, 0.4) is 0 Å². The Balaban J connectivity index is 2.01. The molecule has 0 bridgehead atoms. The molecule has 0 unspecified atom stereocenters. The lowest BCUT2D eigenvalue weighted by Crippen LogP contribution is -2.10. The number of aliphatic imine (C=N–C) groups is 1. The first-order valence-corrected chi connectivity index (χ1v) is 9.88. The van der Waals surface area contributed by atoms with Crippen molar-refractivity contribution in [3.8, 4) is 17.2 Å². The zero-order valence-electron chi connectivity index (χ0n) is 16.7. The summed E-state index contributed by atoms with van der Waals surface area (Å²) in [6, 6.07) is 11.7. The summed E-state index contributed by atoms with van der Waals surface area (Å²) >= 11 is 1.13. The van der Waals surface area contributed by atoms with Gasteiger partial charge in [-0.05, 0) is 49.4 Å². The largest absolute Gasteiger partial charge is 0.508 e. The van der Waals surface area contributed by atoms with Crippen molar-refractivity contribution in [3.05, 3.63) is 64.3 Å². The number of phenols is 1. The van der Waals surface area contributed by atoms with Crippen LogP contribution in [0.25, 0.3) is 6.08 Å². The number of aliphatic hydroxyl groups is 1. The molecule has 2 aromatic rings. The number of rotatable bonds is 6. The molecule has 8 heteroatoms. The number of hydrogen-bond donors (Lipinski definition) is 2. The highest BCUT2D eigenvalue weighted by molar-refractivity contribution is 8.18. The minimum absolute atomic E-state index is 0.0135. The van der Waals surface area contributed by atoms with Gasteiger partial charge in [-0.25, -0.2) is 9.79 Å². The van der Waals surface area contributed by atoms with E-state index in [1.807, 2.05) is 6.92 Å². The Hall–Kier alpha value is -3.39. The van der Waals surface area contributed by atoms with E-state index in [1.54, 1.807) is 36.4 Å². The van der Waals surface area contributed by atoms with E-state index in [0.717, 1.165) is 11.8 Å². The lowest BCUT2D eigenvalue weighted by molar-refractivity contribution is -0.135. The van der Waals surface area contributed by atoms with Crippen LogP contribution in [0, 0.1) is 0 Å². The number of hydrogen-bond acceptors (Lipinski definition) is 8. The van der Waals surface area contributed by atoms with Gasteiger partial charge in [0.15, 0.2) is 0 Å². The maximum Gasteiger partial charge on any atom is 0.344 e. The molecule has 2 N–H and O–H groups in total. The Morgan fingerprint density at radius 1 is 1.13 bits per heavy atom. The van der Waals surface area contributed by atoms with E-state index < -0.39 is 5.97 Å². The van der Waals surface area contributed by atoms with Crippen LogP contribution in [0.5, 0.6) is 17.2 Å². The zero-order chi connectivity index (χ0) is 21.7. The number of carbonyl (C=O) groups excluding carboxylic acids is 1. The lowest BCUT2D eigenvalue weighted by atomic mass is 10.1. The van der Waals surface area contributed by atoms with Crippen molar-refractivity contribution in [2.75, 3.05) is 20.8 Å². The van der Waals surface area contributed by atoms with Crippen LogP contribution in [0.1, 0.15) is 12.5 Å². The second kappa shape index (κ2) is 9.41. The third-order valence-corrected chi connectivity index (χ3v) is 5.18. The number of aliphatic hydroxyl groups excluding tert-OH is 1. The van der Waals surface area contributed by atoms with Crippen LogP contribution in [-0.2, 0) is 9.53 Å². The minimum atomic E-state index is -0.689. The first-order valence-electron chi connectivity index (χ1n) is 9.07. The van der Waals surface area contributed by atoms with E-state index >= 15 is 0 Å². The van der Waals surface area contributed by atoms with Gasteiger partial charge in [0.05, 0.1) is 31.4 Å². The molecule has 0 spiro atoms. The van der Waals surface area contributed by atoms with Gasteiger partial charge in [-0.15, -0.1) is 0 Å². The molecule has 2 aromatic carbocycles. The number of thioether (sulfide) groups is 1. The van der Waals surface area contributed by atoms with Gasteiger partial charge in [0.25, 0.3) is 0 Å². The monoisotopic (exact) mass is 427 g/mol. The van der Waals surface area contributed by atoms with Gasteiger partial charge in [0.1, 0.15) is 33.6 Å². The van der Waals surface area contributed by atoms with Gasteiger partial charge >= 0.3 is 5.97 Å². The van der Waals surface area contributed by atoms with Crippen LogP contribution >= 0.6 is 11.8 Å². The molecule has 0 amide bonds. The lowest BCUT2D eigenvalue weighted by Gasteiger charge is -2.06. The third kappa shape index (κ3) is 4.60. The van der Waals surface area contributed by atoms with Crippen LogP contribution in [0.15, 0.2) is 63.7 Å². The highest BCUT2D eigenvalue weighted by Gasteiger charge is 2.33. The van der Waals surface area contributed by atoms with E-state index in [2.05, 4.69) is 4.99 Å². The molecule has 0 atom stereocenters. The van der Waals surface area contributed by atoms with Crippen LogP contribution in [-0.4, -0.2) is 42.1 Å².